The van der Waals surface area contributed by atoms with Gasteiger partial charge in [-0.25, -0.2) is 8.42 Å². The van der Waals surface area contributed by atoms with Crippen LogP contribution in [0.15, 0.2) is 41.3 Å². The number of sulfone groups is 1. The summed E-state index contributed by atoms with van der Waals surface area (Å²) >= 11 is 0. The van der Waals surface area contributed by atoms with Gasteiger partial charge in [0, 0.05) is 6.42 Å². The maximum absolute atomic E-state index is 12.2. The molecule has 0 bridgehead atoms. The molecular weight excluding hydrogens is 370 g/mol. The van der Waals surface area contributed by atoms with Crippen molar-refractivity contribution in [2.45, 2.75) is 24.7 Å². The Morgan fingerprint density at radius 2 is 1.78 bits per heavy atom. The lowest BCUT2D eigenvalue weighted by Gasteiger charge is -2.11. The van der Waals surface area contributed by atoms with Gasteiger partial charge in [-0.05, 0) is 42.3 Å². The van der Waals surface area contributed by atoms with E-state index in [1.54, 1.807) is 19.2 Å². The van der Waals surface area contributed by atoms with E-state index in [1.807, 2.05) is 6.07 Å². The standard InChI is InChI=1S/C19H23NO6S/c1-4-27(23,24)14-7-8-16(21)15(12-14)20-19(22)10-6-13-5-9-17(25-2)18(11-13)26-3/h5,7-9,11-12,21H,4,6,10H2,1-3H3,(H,20,22). The molecule has 0 aromatic heterocycles. The number of phenolic OH excluding ortho intramolecular Hbond substituents is 1. The Balaban J connectivity index is 2.07. The average Bonchev–Trinajstić information content (AvgIpc) is 2.67. The molecule has 0 saturated carbocycles. The van der Waals surface area contributed by atoms with Gasteiger partial charge in [0.1, 0.15) is 5.75 Å². The molecule has 2 aromatic rings. The number of hydrogen-bond acceptors (Lipinski definition) is 6. The average molecular weight is 393 g/mol. The number of nitrogens with one attached hydrogen (secondary N) is 1. The summed E-state index contributed by atoms with van der Waals surface area (Å²) in [5.41, 5.74) is 0.955. The Kier molecular flexibility index (Phi) is 6.68. The minimum Gasteiger partial charge on any atom is -0.506 e. The van der Waals surface area contributed by atoms with Crippen molar-refractivity contribution in [2.24, 2.45) is 0 Å². The minimum atomic E-state index is -3.43. The van der Waals surface area contributed by atoms with E-state index in [2.05, 4.69) is 5.32 Å². The smallest absolute Gasteiger partial charge is 0.224 e. The number of benzene rings is 2. The highest BCUT2D eigenvalue weighted by Gasteiger charge is 2.15. The summed E-state index contributed by atoms with van der Waals surface area (Å²) in [6.07, 6.45) is 0.597. The predicted octanol–water partition coefficient (Wildman–Crippen LogP) is 2.77. The van der Waals surface area contributed by atoms with Crippen LogP contribution in [0.25, 0.3) is 0 Å². The maximum Gasteiger partial charge on any atom is 0.224 e. The Morgan fingerprint density at radius 3 is 2.41 bits per heavy atom. The summed E-state index contributed by atoms with van der Waals surface area (Å²) in [7, 11) is -0.349. The van der Waals surface area contributed by atoms with Gasteiger partial charge in [0.15, 0.2) is 21.3 Å². The number of hydrogen-bond donors (Lipinski definition) is 2. The van der Waals surface area contributed by atoms with Gasteiger partial charge in [0.2, 0.25) is 5.91 Å². The first-order valence-electron chi connectivity index (χ1n) is 8.37. The third kappa shape index (κ3) is 5.13. The number of carbonyl (C=O) groups is 1. The van der Waals surface area contributed by atoms with Crippen LogP contribution in [0, 0.1) is 0 Å². The zero-order valence-electron chi connectivity index (χ0n) is 15.5. The highest BCUT2D eigenvalue weighted by atomic mass is 32.2. The Labute approximate surface area is 158 Å². The van der Waals surface area contributed by atoms with Gasteiger partial charge >= 0.3 is 0 Å². The molecule has 2 aromatic carbocycles. The Morgan fingerprint density at radius 1 is 1.07 bits per heavy atom. The van der Waals surface area contributed by atoms with E-state index in [4.69, 9.17) is 9.47 Å². The van der Waals surface area contributed by atoms with Crippen molar-refractivity contribution in [3.63, 3.8) is 0 Å². The van der Waals surface area contributed by atoms with Crippen molar-refractivity contribution in [3.8, 4) is 17.2 Å². The second kappa shape index (κ2) is 8.77. The third-order valence-electron chi connectivity index (χ3n) is 4.07. The molecular formula is C19H23NO6S. The van der Waals surface area contributed by atoms with Crippen molar-refractivity contribution < 1.29 is 27.8 Å². The summed E-state index contributed by atoms with van der Waals surface area (Å²) in [6.45, 7) is 1.53. The molecule has 0 fully saturated rings. The first-order valence-corrected chi connectivity index (χ1v) is 10.0. The first kappa shape index (κ1) is 20.6. The summed E-state index contributed by atoms with van der Waals surface area (Å²) in [6, 6.07) is 9.22. The Bertz CT molecular complexity index is 924. The molecule has 0 radical (unpaired) electrons. The highest BCUT2D eigenvalue weighted by molar-refractivity contribution is 7.91. The van der Waals surface area contributed by atoms with E-state index in [0.717, 1.165) is 5.56 Å². The molecule has 2 rings (SSSR count). The second-order valence-corrected chi connectivity index (χ2v) is 8.10. The van der Waals surface area contributed by atoms with Gasteiger partial charge < -0.3 is 19.9 Å². The van der Waals surface area contributed by atoms with Crippen molar-refractivity contribution in [2.75, 3.05) is 25.3 Å². The van der Waals surface area contributed by atoms with Crippen LogP contribution in [0.1, 0.15) is 18.9 Å². The number of methoxy groups -OCH3 is 2. The molecule has 8 heteroatoms. The second-order valence-electron chi connectivity index (χ2n) is 5.82. The molecule has 0 aliphatic rings. The molecule has 0 heterocycles. The fourth-order valence-electron chi connectivity index (χ4n) is 2.48. The predicted molar refractivity (Wildman–Crippen MR) is 102 cm³/mol. The van der Waals surface area contributed by atoms with Crippen LogP contribution >= 0.6 is 0 Å². The summed E-state index contributed by atoms with van der Waals surface area (Å²) in [5.74, 6) is 0.579. The van der Waals surface area contributed by atoms with Crippen molar-refractivity contribution in [1.82, 2.24) is 0 Å². The number of anilines is 1. The molecule has 146 valence electrons. The molecule has 0 spiro atoms. The maximum atomic E-state index is 12.2. The summed E-state index contributed by atoms with van der Waals surface area (Å²) < 4.78 is 34.3. The molecule has 2 N–H and O–H groups in total. The van der Waals surface area contributed by atoms with Crippen molar-refractivity contribution in [1.29, 1.82) is 0 Å². The third-order valence-corrected chi connectivity index (χ3v) is 5.80. The highest BCUT2D eigenvalue weighted by Crippen LogP contribution is 2.29. The van der Waals surface area contributed by atoms with Gasteiger partial charge in [-0.15, -0.1) is 0 Å². The van der Waals surface area contributed by atoms with Gasteiger partial charge in [-0.3, -0.25) is 4.79 Å². The van der Waals surface area contributed by atoms with Crippen LogP contribution in [0.4, 0.5) is 5.69 Å². The molecule has 0 saturated heterocycles. The zero-order valence-corrected chi connectivity index (χ0v) is 16.3. The Hall–Kier alpha value is -2.74. The van der Waals surface area contributed by atoms with Crippen LogP contribution in [0.5, 0.6) is 17.2 Å². The number of aryl methyl sites for hydroxylation is 1. The van der Waals surface area contributed by atoms with Crippen LogP contribution in [0.3, 0.4) is 0 Å². The van der Waals surface area contributed by atoms with E-state index in [1.165, 1.54) is 32.2 Å². The van der Waals surface area contributed by atoms with Gasteiger partial charge in [-0.2, -0.15) is 0 Å². The normalized spacial score (nSPS) is 11.1. The molecule has 0 atom stereocenters. The van der Waals surface area contributed by atoms with E-state index >= 15 is 0 Å². The fourth-order valence-corrected chi connectivity index (χ4v) is 3.39. The molecule has 27 heavy (non-hydrogen) atoms. The first-order chi connectivity index (χ1) is 12.8. The van der Waals surface area contributed by atoms with Crippen LogP contribution in [0.2, 0.25) is 0 Å². The summed E-state index contributed by atoms with van der Waals surface area (Å²) in [5, 5.41) is 12.5. The SMILES string of the molecule is CCS(=O)(=O)c1ccc(O)c(NC(=O)CCc2ccc(OC)c(OC)c2)c1. The van der Waals surface area contributed by atoms with Crippen LogP contribution < -0.4 is 14.8 Å². The van der Waals surface area contributed by atoms with E-state index in [9.17, 15) is 18.3 Å². The lowest BCUT2D eigenvalue weighted by molar-refractivity contribution is -0.116. The summed E-state index contributed by atoms with van der Waals surface area (Å²) in [4.78, 5) is 12.3. The quantitative estimate of drug-likeness (QED) is 0.669. The number of ether oxygens (including phenoxy) is 2. The topological polar surface area (TPSA) is 102 Å². The monoisotopic (exact) mass is 393 g/mol. The lowest BCUT2D eigenvalue weighted by atomic mass is 10.1. The molecule has 0 unspecified atom stereocenters. The van der Waals surface area contributed by atoms with E-state index in [0.29, 0.717) is 17.9 Å². The minimum absolute atomic E-state index is 0.0537. The van der Waals surface area contributed by atoms with Crippen LogP contribution in [-0.4, -0.2) is 39.4 Å². The number of rotatable bonds is 8. The molecule has 0 aliphatic heterocycles. The van der Waals surface area contributed by atoms with Crippen molar-refractivity contribution >= 4 is 21.4 Å². The number of aromatic hydroxyl groups is 1. The lowest BCUT2D eigenvalue weighted by Crippen LogP contribution is -2.13. The van der Waals surface area contributed by atoms with Gasteiger partial charge in [0.25, 0.3) is 0 Å². The largest absolute Gasteiger partial charge is 0.506 e. The number of carbonyl (C=O) groups excluding carboxylic acids is 1. The van der Waals surface area contributed by atoms with Crippen LogP contribution in [-0.2, 0) is 21.1 Å². The van der Waals surface area contributed by atoms with Crippen molar-refractivity contribution in [3.05, 3.63) is 42.0 Å². The molecule has 0 aliphatic carbocycles. The van der Waals surface area contributed by atoms with Gasteiger partial charge in [0.05, 0.1) is 30.6 Å². The number of phenols is 1. The fraction of sp³-hybridized carbons (Fsp3) is 0.316. The van der Waals surface area contributed by atoms with E-state index in [-0.39, 0.29) is 34.4 Å². The number of amides is 1. The zero-order chi connectivity index (χ0) is 20.0. The van der Waals surface area contributed by atoms with E-state index < -0.39 is 9.84 Å². The molecule has 7 nitrogen and oxygen atoms in total. The van der Waals surface area contributed by atoms with Gasteiger partial charge in [-0.1, -0.05) is 13.0 Å². The molecule has 1 amide bonds.